The van der Waals surface area contributed by atoms with Gasteiger partial charge in [-0.1, -0.05) is 31.9 Å². The van der Waals surface area contributed by atoms with Crippen LogP contribution < -0.4 is 11.1 Å². The van der Waals surface area contributed by atoms with Gasteiger partial charge in [-0.05, 0) is 20.8 Å². The van der Waals surface area contributed by atoms with Crippen molar-refractivity contribution >= 4 is 38.0 Å². The van der Waals surface area contributed by atoms with E-state index >= 15 is 0 Å². The Kier molecular flexibility index (Phi) is 12.5. The van der Waals surface area contributed by atoms with E-state index in [2.05, 4.69) is 37.2 Å². The molecule has 4 nitrogen and oxygen atoms in total. The minimum absolute atomic E-state index is 0.364. The summed E-state index contributed by atoms with van der Waals surface area (Å²) in [6.45, 7) is 6.83. The highest BCUT2D eigenvalue weighted by Gasteiger charge is 2.14. The Labute approximate surface area is 109 Å². The first-order valence-corrected chi connectivity index (χ1v) is 6.90. The van der Waals surface area contributed by atoms with E-state index in [1.54, 1.807) is 0 Å². The fraction of sp³-hybridized carbons (Fsp3) is 0.889. The molecule has 0 rings (SSSR count). The molecule has 3 N–H and O–H groups in total. The third-order valence-corrected chi connectivity index (χ3v) is 1.73. The fourth-order valence-electron chi connectivity index (χ4n) is 0.463. The van der Waals surface area contributed by atoms with Gasteiger partial charge >= 0.3 is 6.09 Å². The molecule has 92 valence electrons. The second-order valence-corrected chi connectivity index (χ2v) is 5.18. The quantitative estimate of drug-likeness (QED) is 0.769. The molecule has 0 aliphatic carbocycles. The van der Waals surface area contributed by atoms with Gasteiger partial charge in [-0.3, -0.25) is 0 Å². The first-order chi connectivity index (χ1) is 6.87. The van der Waals surface area contributed by atoms with Crippen molar-refractivity contribution < 1.29 is 9.53 Å². The van der Waals surface area contributed by atoms with Crippen molar-refractivity contribution in [2.75, 3.05) is 23.7 Å². The Morgan fingerprint density at radius 2 is 1.80 bits per heavy atom. The number of nitrogens with two attached hydrogens (primary N) is 1. The lowest BCUT2D eigenvalue weighted by Crippen LogP contribution is -2.33. The fourth-order valence-corrected chi connectivity index (χ4v) is 0.662. The van der Waals surface area contributed by atoms with Crippen LogP contribution in [0, 0.1) is 0 Å². The van der Waals surface area contributed by atoms with Crippen molar-refractivity contribution in [3.63, 3.8) is 0 Å². The molecule has 0 aliphatic rings. The summed E-state index contributed by atoms with van der Waals surface area (Å²) in [6, 6.07) is 0. The summed E-state index contributed by atoms with van der Waals surface area (Å²) >= 11 is 6.31. The molecule has 0 fully saturated rings. The second-order valence-electron chi connectivity index (χ2n) is 3.60. The molecular formula is C9H20Br2N2O2. The van der Waals surface area contributed by atoms with Gasteiger partial charge in [0.25, 0.3) is 0 Å². The molecule has 0 saturated carbocycles. The highest BCUT2D eigenvalue weighted by Crippen LogP contribution is 2.05. The zero-order valence-electron chi connectivity index (χ0n) is 9.48. The van der Waals surface area contributed by atoms with E-state index in [0.29, 0.717) is 6.54 Å². The van der Waals surface area contributed by atoms with E-state index in [1.165, 1.54) is 0 Å². The van der Waals surface area contributed by atoms with Gasteiger partial charge in [0.1, 0.15) is 5.60 Å². The SMILES string of the molecule is CC(C)(C)OC(=O)NCCBr.NCCBr. The Morgan fingerprint density at radius 1 is 1.33 bits per heavy atom. The average Bonchev–Trinajstić information content (AvgIpc) is 2.12. The van der Waals surface area contributed by atoms with E-state index in [1.807, 2.05) is 20.8 Å². The summed E-state index contributed by atoms with van der Waals surface area (Å²) in [6.07, 6.45) is -0.364. The van der Waals surface area contributed by atoms with Crippen LogP contribution in [0.5, 0.6) is 0 Å². The largest absolute Gasteiger partial charge is 0.444 e. The molecule has 15 heavy (non-hydrogen) atoms. The molecule has 0 atom stereocenters. The number of alkyl carbamates (subject to hydrolysis) is 1. The highest BCUT2D eigenvalue weighted by atomic mass is 79.9. The minimum atomic E-state index is -0.406. The predicted molar refractivity (Wildman–Crippen MR) is 70.9 cm³/mol. The van der Waals surface area contributed by atoms with Crippen LogP contribution in [0.1, 0.15) is 20.8 Å². The van der Waals surface area contributed by atoms with E-state index in [0.717, 1.165) is 17.2 Å². The standard InChI is InChI=1S/C7H14BrNO2.C2H6BrN/c1-7(2,3)11-6(10)9-5-4-8;3-1-2-4/h4-5H2,1-3H3,(H,9,10);1-2,4H2. The van der Waals surface area contributed by atoms with Crippen molar-refractivity contribution in [2.24, 2.45) is 5.73 Å². The van der Waals surface area contributed by atoms with E-state index in [-0.39, 0.29) is 6.09 Å². The lowest BCUT2D eigenvalue weighted by molar-refractivity contribution is 0.0531. The Balaban J connectivity index is 0. The average molecular weight is 348 g/mol. The van der Waals surface area contributed by atoms with Crippen LogP contribution in [0.15, 0.2) is 0 Å². The molecule has 0 aromatic carbocycles. The number of carbonyl (C=O) groups is 1. The van der Waals surface area contributed by atoms with Gasteiger partial charge < -0.3 is 15.8 Å². The molecule has 0 radical (unpaired) electrons. The number of amides is 1. The topological polar surface area (TPSA) is 64.3 Å². The zero-order chi connectivity index (χ0) is 12.3. The zero-order valence-corrected chi connectivity index (χ0v) is 12.7. The summed E-state index contributed by atoms with van der Waals surface area (Å²) in [4.78, 5) is 10.9. The molecule has 0 spiro atoms. The molecule has 0 aromatic heterocycles. The van der Waals surface area contributed by atoms with Gasteiger partial charge in [0, 0.05) is 23.7 Å². The lowest BCUT2D eigenvalue weighted by atomic mass is 10.2. The summed E-state index contributed by atoms with van der Waals surface area (Å²) in [5, 5.41) is 4.23. The minimum Gasteiger partial charge on any atom is -0.444 e. The molecule has 0 bridgehead atoms. The first kappa shape index (κ1) is 17.6. The van der Waals surface area contributed by atoms with Gasteiger partial charge in [-0.15, -0.1) is 0 Å². The number of rotatable bonds is 3. The highest BCUT2D eigenvalue weighted by molar-refractivity contribution is 9.09. The number of halogens is 2. The normalized spacial score (nSPS) is 10.0. The maximum Gasteiger partial charge on any atom is 0.407 e. The van der Waals surface area contributed by atoms with Crippen LogP contribution in [-0.4, -0.2) is 35.4 Å². The van der Waals surface area contributed by atoms with Gasteiger partial charge in [0.2, 0.25) is 0 Å². The van der Waals surface area contributed by atoms with Crippen LogP contribution >= 0.6 is 31.9 Å². The Morgan fingerprint density at radius 3 is 2.07 bits per heavy atom. The van der Waals surface area contributed by atoms with Crippen molar-refractivity contribution in [1.82, 2.24) is 5.32 Å². The molecule has 0 heterocycles. The first-order valence-electron chi connectivity index (χ1n) is 4.66. The summed E-state index contributed by atoms with van der Waals surface area (Å²) < 4.78 is 4.97. The van der Waals surface area contributed by atoms with Crippen LogP contribution in [0.4, 0.5) is 4.79 Å². The number of alkyl halides is 2. The smallest absolute Gasteiger partial charge is 0.407 e. The number of nitrogens with one attached hydrogen (secondary N) is 1. The van der Waals surface area contributed by atoms with Crippen LogP contribution in [0.3, 0.4) is 0 Å². The van der Waals surface area contributed by atoms with Crippen molar-refractivity contribution in [2.45, 2.75) is 26.4 Å². The van der Waals surface area contributed by atoms with Gasteiger partial charge in [0.15, 0.2) is 0 Å². The number of carbonyl (C=O) groups excluding carboxylic acids is 1. The third-order valence-electron chi connectivity index (χ3n) is 0.872. The Bertz CT molecular complexity index is 159. The Hall–Kier alpha value is 0.190. The molecule has 0 aromatic rings. The molecule has 0 saturated heterocycles. The van der Waals surface area contributed by atoms with Crippen LogP contribution in [0.2, 0.25) is 0 Å². The van der Waals surface area contributed by atoms with Crippen LogP contribution in [-0.2, 0) is 4.74 Å². The van der Waals surface area contributed by atoms with E-state index < -0.39 is 5.60 Å². The van der Waals surface area contributed by atoms with Crippen LogP contribution in [0.25, 0.3) is 0 Å². The molecule has 1 amide bonds. The number of hydrogen-bond acceptors (Lipinski definition) is 3. The number of ether oxygens (including phenoxy) is 1. The lowest BCUT2D eigenvalue weighted by Gasteiger charge is -2.19. The molecule has 6 heteroatoms. The van der Waals surface area contributed by atoms with Gasteiger partial charge in [-0.25, -0.2) is 4.79 Å². The maximum absolute atomic E-state index is 10.9. The third kappa shape index (κ3) is 20.3. The van der Waals surface area contributed by atoms with Crippen molar-refractivity contribution in [1.29, 1.82) is 0 Å². The monoisotopic (exact) mass is 346 g/mol. The molecular weight excluding hydrogens is 328 g/mol. The van der Waals surface area contributed by atoms with Gasteiger partial charge in [-0.2, -0.15) is 0 Å². The van der Waals surface area contributed by atoms with Crippen molar-refractivity contribution in [3.8, 4) is 0 Å². The molecule has 0 aliphatic heterocycles. The second kappa shape index (κ2) is 10.7. The molecule has 0 unspecified atom stereocenters. The summed E-state index contributed by atoms with van der Waals surface area (Å²) in [7, 11) is 0. The van der Waals surface area contributed by atoms with Gasteiger partial charge in [0.05, 0.1) is 0 Å². The van der Waals surface area contributed by atoms with E-state index in [4.69, 9.17) is 10.5 Å². The maximum atomic E-state index is 10.9. The van der Waals surface area contributed by atoms with Crippen molar-refractivity contribution in [3.05, 3.63) is 0 Å². The van der Waals surface area contributed by atoms with E-state index in [9.17, 15) is 4.79 Å². The number of hydrogen-bond donors (Lipinski definition) is 2. The predicted octanol–water partition coefficient (Wildman–Crippen LogP) is 2.25. The summed E-state index contributed by atoms with van der Waals surface area (Å²) in [5.41, 5.74) is 4.57. The summed E-state index contributed by atoms with van der Waals surface area (Å²) in [5.74, 6) is 0.